The molecule has 106 valence electrons. The zero-order chi connectivity index (χ0) is 14.5. The number of halogens is 1. The molecule has 2 aromatic rings. The molecule has 0 aliphatic heterocycles. The van der Waals surface area contributed by atoms with Crippen molar-refractivity contribution in [3.05, 3.63) is 78.9 Å². The van der Waals surface area contributed by atoms with E-state index in [0.29, 0.717) is 0 Å². The fourth-order valence-corrected chi connectivity index (χ4v) is 2.57. The number of rotatable bonds is 4. The number of hydrogen-bond donors (Lipinski definition) is 0. The predicted octanol–water partition coefficient (Wildman–Crippen LogP) is 5.47. The second-order valence-electron chi connectivity index (χ2n) is 4.77. The van der Waals surface area contributed by atoms with Crippen LogP contribution in [0.5, 0.6) is 17.2 Å². The molecule has 0 radical (unpaired) electrons. The monoisotopic (exact) mass is 342 g/mol. The molecule has 3 rings (SSSR count). The van der Waals surface area contributed by atoms with Gasteiger partial charge in [0, 0.05) is 6.42 Å². The summed E-state index contributed by atoms with van der Waals surface area (Å²) in [5, 5.41) is 0. The van der Waals surface area contributed by atoms with Gasteiger partial charge < -0.3 is 9.47 Å². The van der Waals surface area contributed by atoms with Gasteiger partial charge in [-0.25, -0.2) is 0 Å². The highest BCUT2D eigenvalue weighted by Gasteiger charge is 2.25. The first-order valence-electron chi connectivity index (χ1n) is 6.79. The summed E-state index contributed by atoms with van der Waals surface area (Å²) >= 11 is 3.61. The summed E-state index contributed by atoms with van der Waals surface area (Å²) in [6.45, 7) is 0. The normalized spacial score (nSPS) is 20.2. The van der Waals surface area contributed by atoms with Gasteiger partial charge in [0.25, 0.3) is 0 Å². The van der Waals surface area contributed by atoms with Crippen LogP contribution in [0, 0.1) is 0 Å². The summed E-state index contributed by atoms with van der Waals surface area (Å²) in [6, 6.07) is 17.3. The molecule has 0 amide bonds. The van der Waals surface area contributed by atoms with Crippen LogP contribution in [0.1, 0.15) is 6.42 Å². The van der Waals surface area contributed by atoms with Gasteiger partial charge in [0.2, 0.25) is 0 Å². The van der Waals surface area contributed by atoms with Crippen molar-refractivity contribution in [3.8, 4) is 17.2 Å². The van der Waals surface area contributed by atoms with Crippen molar-refractivity contribution in [2.75, 3.05) is 0 Å². The van der Waals surface area contributed by atoms with E-state index < -0.39 is 4.51 Å². The summed E-state index contributed by atoms with van der Waals surface area (Å²) in [5.41, 5.74) is 0. The molecule has 0 aromatic heterocycles. The average molecular weight is 343 g/mol. The van der Waals surface area contributed by atoms with E-state index in [4.69, 9.17) is 9.47 Å². The van der Waals surface area contributed by atoms with Gasteiger partial charge in [0.15, 0.2) is 4.51 Å². The van der Waals surface area contributed by atoms with E-state index in [1.807, 2.05) is 72.8 Å². The van der Waals surface area contributed by atoms with Crippen LogP contribution in [-0.2, 0) is 0 Å². The highest BCUT2D eigenvalue weighted by molar-refractivity contribution is 9.10. The summed E-state index contributed by atoms with van der Waals surface area (Å²) in [6.07, 6.45) is 8.86. The Labute approximate surface area is 132 Å². The number of hydrogen-bond acceptors (Lipinski definition) is 2. The summed E-state index contributed by atoms with van der Waals surface area (Å²) in [4.78, 5) is 0. The quantitative estimate of drug-likeness (QED) is 0.686. The molecule has 0 spiro atoms. The summed E-state index contributed by atoms with van der Waals surface area (Å²) in [5.74, 6) is 2.41. The summed E-state index contributed by atoms with van der Waals surface area (Å²) in [7, 11) is 0. The minimum atomic E-state index is -0.455. The smallest absolute Gasteiger partial charge is 0.185 e. The third kappa shape index (κ3) is 3.76. The van der Waals surface area contributed by atoms with Gasteiger partial charge in [-0.2, -0.15) is 0 Å². The maximum Gasteiger partial charge on any atom is 0.185 e. The number of ether oxygens (including phenoxy) is 2. The van der Waals surface area contributed by atoms with Crippen molar-refractivity contribution in [3.63, 3.8) is 0 Å². The Morgan fingerprint density at radius 3 is 2.14 bits per heavy atom. The average Bonchev–Trinajstić information content (AvgIpc) is 2.51. The fourth-order valence-electron chi connectivity index (χ4n) is 2.05. The van der Waals surface area contributed by atoms with Crippen LogP contribution in [0.4, 0.5) is 0 Å². The van der Waals surface area contributed by atoms with E-state index in [1.54, 1.807) is 0 Å². The lowest BCUT2D eigenvalue weighted by Crippen LogP contribution is -2.26. The number of allylic oxidation sites excluding steroid dienone is 2. The molecule has 1 aliphatic carbocycles. The van der Waals surface area contributed by atoms with Gasteiger partial charge in [-0.15, -0.1) is 0 Å². The molecule has 2 nitrogen and oxygen atoms in total. The van der Waals surface area contributed by atoms with Crippen molar-refractivity contribution in [2.45, 2.75) is 10.9 Å². The Morgan fingerprint density at radius 2 is 1.48 bits per heavy atom. The largest absolute Gasteiger partial charge is 0.472 e. The fraction of sp³-hybridized carbons (Fsp3) is 0.111. The summed E-state index contributed by atoms with van der Waals surface area (Å²) < 4.78 is 11.3. The SMILES string of the molecule is BrC1(Oc2ccc(Oc3ccccc3)cc2)C=CC=CC1. The van der Waals surface area contributed by atoms with Gasteiger partial charge in [0.05, 0.1) is 0 Å². The van der Waals surface area contributed by atoms with Crippen LogP contribution in [0.3, 0.4) is 0 Å². The minimum absolute atomic E-state index is 0.455. The van der Waals surface area contributed by atoms with Gasteiger partial charge in [0.1, 0.15) is 17.2 Å². The molecule has 0 heterocycles. The van der Waals surface area contributed by atoms with Crippen molar-refractivity contribution in [1.82, 2.24) is 0 Å². The number of alkyl halides is 1. The third-order valence-electron chi connectivity index (χ3n) is 3.08. The standard InChI is InChI=1S/C18H15BrO2/c19-18(13-5-2-6-14-18)21-17-11-9-16(10-12-17)20-15-7-3-1-4-8-15/h1-13H,14H2. The first kappa shape index (κ1) is 14.0. The Kier molecular flexibility index (Phi) is 4.11. The van der Waals surface area contributed by atoms with E-state index in [9.17, 15) is 0 Å². The lowest BCUT2D eigenvalue weighted by molar-refractivity contribution is 0.224. The molecule has 2 aromatic carbocycles. The number of para-hydroxylation sites is 1. The van der Waals surface area contributed by atoms with Crippen molar-refractivity contribution in [1.29, 1.82) is 0 Å². The van der Waals surface area contributed by atoms with Gasteiger partial charge in [-0.05, 0) is 58.4 Å². The third-order valence-corrected chi connectivity index (χ3v) is 3.83. The van der Waals surface area contributed by atoms with E-state index >= 15 is 0 Å². The topological polar surface area (TPSA) is 18.5 Å². The highest BCUT2D eigenvalue weighted by atomic mass is 79.9. The maximum atomic E-state index is 5.97. The van der Waals surface area contributed by atoms with Crippen LogP contribution in [0.15, 0.2) is 78.9 Å². The van der Waals surface area contributed by atoms with Gasteiger partial charge in [-0.3, -0.25) is 0 Å². The first-order valence-corrected chi connectivity index (χ1v) is 7.58. The lowest BCUT2D eigenvalue weighted by Gasteiger charge is -2.25. The van der Waals surface area contributed by atoms with Crippen LogP contribution in [-0.4, -0.2) is 4.51 Å². The molecule has 1 aliphatic rings. The maximum absolute atomic E-state index is 5.97. The van der Waals surface area contributed by atoms with Crippen LogP contribution in [0.2, 0.25) is 0 Å². The molecule has 1 atom stereocenters. The van der Waals surface area contributed by atoms with E-state index in [1.165, 1.54) is 0 Å². The van der Waals surface area contributed by atoms with E-state index in [2.05, 4.69) is 22.0 Å². The predicted molar refractivity (Wildman–Crippen MR) is 88.1 cm³/mol. The number of benzene rings is 2. The molecule has 3 heteroatoms. The second-order valence-corrected chi connectivity index (χ2v) is 6.11. The lowest BCUT2D eigenvalue weighted by atomic mass is 10.1. The van der Waals surface area contributed by atoms with Crippen molar-refractivity contribution in [2.24, 2.45) is 0 Å². The van der Waals surface area contributed by atoms with Gasteiger partial charge >= 0.3 is 0 Å². The van der Waals surface area contributed by atoms with E-state index in [0.717, 1.165) is 23.7 Å². The Morgan fingerprint density at radius 1 is 0.810 bits per heavy atom. The zero-order valence-electron chi connectivity index (χ0n) is 11.4. The van der Waals surface area contributed by atoms with Crippen LogP contribution >= 0.6 is 15.9 Å². The van der Waals surface area contributed by atoms with Crippen molar-refractivity contribution >= 4 is 15.9 Å². The first-order chi connectivity index (χ1) is 10.2. The minimum Gasteiger partial charge on any atom is -0.472 e. The Bertz CT molecular complexity index is 647. The molecule has 0 fully saturated rings. The van der Waals surface area contributed by atoms with Crippen molar-refractivity contribution < 1.29 is 9.47 Å². The molecule has 21 heavy (non-hydrogen) atoms. The van der Waals surface area contributed by atoms with Gasteiger partial charge in [-0.1, -0.05) is 36.4 Å². The van der Waals surface area contributed by atoms with Crippen LogP contribution in [0.25, 0.3) is 0 Å². The second kappa shape index (κ2) is 6.19. The molecule has 0 bridgehead atoms. The molecule has 0 N–H and O–H groups in total. The van der Waals surface area contributed by atoms with E-state index in [-0.39, 0.29) is 0 Å². The Balaban J connectivity index is 1.67. The molecular weight excluding hydrogens is 328 g/mol. The zero-order valence-corrected chi connectivity index (χ0v) is 13.0. The molecule has 1 unspecified atom stereocenters. The Hall–Kier alpha value is -2.00. The molecule has 0 saturated heterocycles. The highest BCUT2D eigenvalue weighted by Crippen LogP contribution is 2.32. The molecule has 0 saturated carbocycles. The van der Waals surface area contributed by atoms with Crippen LogP contribution < -0.4 is 9.47 Å². The molecular formula is C18H15BrO2.